The summed E-state index contributed by atoms with van der Waals surface area (Å²) in [5.41, 5.74) is 0.249. The van der Waals surface area contributed by atoms with E-state index in [4.69, 9.17) is 0 Å². The lowest BCUT2D eigenvalue weighted by atomic mass is 9.44. The fraction of sp³-hybridized carbons (Fsp3) is 0.958. The summed E-state index contributed by atoms with van der Waals surface area (Å²) in [5, 5.41) is 10.2. The SMILES string of the molecule is CCC[C@@H](C)[C@H]1CC[C@H]2[C@@H]3CC[C@@H]4C[C@H](O)CC[C@]4(C)[C@H]3CC(=O)[C@]12C. The Bertz CT molecular complexity index is 556. The standard InChI is InChI=1S/C24H40O2/c1-5-6-15(2)19-9-10-20-18-8-7-16-13-17(25)11-12-23(16,3)21(18)14-22(26)24(19,20)4/h15-21,25H,5-14H2,1-4H3/t15-,16-,17-,18+,19-,20+,21+,23+,24-/m1/s1. The van der Waals surface area contributed by atoms with Crippen molar-refractivity contribution in [3.8, 4) is 0 Å². The summed E-state index contributed by atoms with van der Waals surface area (Å²) >= 11 is 0. The van der Waals surface area contributed by atoms with Crippen molar-refractivity contribution in [2.24, 2.45) is 46.3 Å². The molecule has 4 saturated carbocycles. The van der Waals surface area contributed by atoms with Crippen LogP contribution in [-0.4, -0.2) is 17.0 Å². The molecule has 4 rings (SSSR count). The van der Waals surface area contributed by atoms with Crippen molar-refractivity contribution in [3.05, 3.63) is 0 Å². The number of fused-ring (bicyclic) bond motifs is 5. The summed E-state index contributed by atoms with van der Waals surface area (Å²) in [4.78, 5) is 13.6. The number of aliphatic hydroxyl groups is 1. The van der Waals surface area contributed by atoms with Gasteiger partial charge in [-0.1, -0.05) is 40.5 Å². The van der Waals surface area contributed by atoms with Crippen molar-refractivity contribution in [3.63, 3.8) is 0 Å². The predicted octanol–water partition coefficient (Wildman–Crippen LogP) is 5.62. The van der Waals surface area contributed by atoms with Crippen molar-refractivity contribution in [2.45, 2.75) is 98.0 Å². The van der Waals surface area contributed by atoms with Crippen molar-refractivity contribution in [1.29, 1.82) is 0 Å². The van der Waals surface area contributed by atoms with Gasteiger partial charge in [0.15, 0.2) is 0 Å². The van der Waals surface area contributed by atoms with Crippen molar-refractivity contribution in [1.82, 2.24) is 0 Å². The molecule has 0 heterocycles. The molecule has 0 aromatic carbocycles. The smallest absolute Gasteiger partial charge is 0.139 e. The normalized spacial score (nSPS) is 52.1. The summed E-state index contributed by atoms with van der Waals surface area (Å²) in [5.74, 6) is 4.50. The Kier molecular flexibility index (Phi) is 4.82. The van der Waals surface area contributed by atoms with E-state index in [0.29, 0.717) is 40.8 Å². The molecule has 0 aromatic heterocycles. The second kappa shape index (κ2) is 6.61. The fourth-order valence-corrected chi connectivity index (χ4v) is 8.54. The molecule has 9 atom stereocenters. The van der Waals surface area contributed by atoms with Gasteiger partial charge in [0.05, 0.1) is 6.10 Å². The van der Waals surface area contributed by atoms with Gasteiger partial charge in [-0.2, -0.15) is 0 Å². The molecule has 0 saturated heterocycles. The van der Waals surface area contributed by atoms with Gasteiger partial charge in [-0.25, -0.2) is 0 Å². The number of Topliss-reactive ketones (excluding diaryl/α,β-unsaturated/α-hetero) is 1. The molecule has 4 fully saturated rings. The zero-order valence-electron chi connectivity index (χ0n) is 17.5. The first kappa shape index (κ1) is 19.0. The maximum atomic E-state index is 13.6. The average Bonchev–Trinajstić information content (AvgIpc) is 2.96. The van der Waals surface area contributed by atoms with E-state index < -0.39 is 0 Å². The maximum Gasteiger partial charge on any atom is 0.139 e. The fourth-order valence-electron chi connectivity index (χ4n) is 8.54. The van der Waals surface area contributed by atoms with E-state index in [9.17, 15) is 9.90 Å². The van der Waals surface area contributed by atoms with Gasteiger partial charge in [-0.05, 0) is 85.9 Å². The Balaban J connectivity index is 1.62. The van der Waals surface area contributed by atoms with Crippen LogP contribution in [0.15, 0.2) is 0 Å². The number of carbonyl (C=O) groups is 1. The van der Waals surface area contributed by atoms with E-state index in [1.54, 1.807) is 0 Å². The quantitative estimate of drug-likeness (QED) is 0.709. The molecule has 26 heavy (non-hydrogen) atoms. The van der Waals surface area contributed by atoms with Crippen molar-refractivity contribution >= 4 is 5.78 Å². The van der Waals surface area contributed by atoms with Crippen LogP contribution >= 0.6 is 0 Å². The molecule has 0 radical (unpaired) electrons. The van der Waals surface area contributed by atoms with Gasteiger partial charge in [0, 0.05) is 11.8 Å². The highest BCUT2D eigenvalue weighted by Gasteiger charge is 2.63. The third-order valence-corrected chi connectivity index (χ3v) is 10.0. The van der Waals surface area contributed by atoms with Gasteiger partial charge >= 0.3 is 0 Å². The van der Waals surface area contributed by atoms with Crippen LogP contribution in [0.4, 0.5) is 0 Å². The van der Waals surface area contributed by atoms with Gasteiger partial charge < -0.3 is 5.11 Å². The molecule has 0 aromatic rings. The van der Waals surface area contributed by atoms with E-state index in [2.05, 4.69) is 27.7 Å². The average molecular weight is 361 g/mol. The molecular weight excluding hydrogens is 320 g/mol. The summed E-state index contributed by atoms with van der Waals surface area (Å²) in [6, 6.07) is 0. The lowest BCUT2D eigenvalue weighted by Gasteiger charge is -2.60. The first-order valence-corrected chi connectivity index (χ1v) is 11.5. The van der Waals surface area contributed by atoms with E-state index >= 15 is 0 Å². The number of aliphatic hydroxyl groups excluding tert-OH is 1. The highest BCUT2D eigenvalue weighted by atomic mass is 16.3. The van der Waals surface area contributed by atoms with Crippen LogP contribution in [0.5, 0.6) is 0 Å². The maximum absolute atomic E-state index is 13.6. The number of hydrogen-bond acceptors (Lipinski definition) is 2. The highest BCUT2D eigenvalue weighted by molar-refractivity contribution is 5.87. The number of rotatable bonds is 3. The van der Waals surface area contributed by atoms with Crippen LogP contribution < -0.4 is 0 Å². The van der Waals surface area contributed by atoms with Crippen LogP contribution in [-0.2, 0) is 4.79 Å². The topological polar surface area (TPSA) is 37.3 Å². The van der Waals surface area contributed by atoms with Crippen LogP contribution in [0.2, 0.25) is 0 Å². The van der Waals surface area contributed by atoms with Crippen LogP contribution in [0, 0.1) is 46.3 Å². The molecule has 4 aliphatic rings. The lowest BCUT2D eigenvalue weighted by Crippen LogP contribution is -2.57. The first-order chi connectivity index (χ1) is 12.3. The van der Waals surface area contributed by atoms with Crippen LogP contribution in [0.1, 0.15) is 91.9 Å². The van der Waals surface area contributed by atoms with Gasteiger partial charge in [0.1, 0.15) is 5.78 Å². The Hall–Kier alpha value is -0.370. The molecule has 0 bridgehead atoms. The molecule has 0 spiro atoms. The second-order valence-electron chi connectivity index (χ2n) is 10.9. The minimum absolute atomic E-state index is 0.0485. The number of carbonyl (C=O) groups excluding carboxylic acids is 1. The highest BCUT2D eigenvalue weighted by Crippen LogP contribution is 2.67. The van der Waals surface area contributed by atoms with Gasteiger partial charge in [-0.3, -0.25) is 4.79 Å². The summed E-state index contributed by atoms with van der Waals surface area (Å²) in [6.45, 7) is 9.52. The van der Waals surface area contributed by atoms with E-state index in [1.165, 1.54) is 38.5 Å². The Labute approximate surface area is 160 Å². The summed E-state index contributed by atoms with van der Waals surface area (Å²) < 4.78 is 0. The largest absolute Gasteiger partial charge is 0.393 e. The molecule has 1 N–H and O–H groups in total. The zero-order chi connectivity index (χ0) is 18.7. The predicted molar refractivity (Wildman–Crippen MR) is 106 cm³/mol. The summed E-state index contributed by atoms with van der Waals surface area (Å²) in [6.07, 6.45) is 11.4. The molecule has 0 aliphatic heterocycles. The Morgan fingerprint density at radius 3 is 2.62 bits per heavy atom. The summed E-state index contributed by atoms with van der Waals surface area (Å²) in [7, 11) is 0. The van der Waals surface area contributed by atoms with E-state index in [0.717, 1.165) is 31.6 Å². The molecule has 4 aliphatic carbocycles. The van der Waals surface area contributed by atoms with Gasteiger partial charge in [-0.15, -0.1) is 0 Å². The van der Waals surface area contributed by atoms with Crippen molar-refractivity contribution in [2.75, 3.05) is 0 Å². The van der Waals surface area contributed by atoms with Gasteiger partial charge in [0.2, 0.25) is 0 Å². The zero-order valence-corrected chi connectivity index (χ0v) is 17.5. The molecule has 0 amide bonds. The Morgan fingerprint density at radius 2 is 1.88 bits per heavy atom. The van der Waals surface area contributed by atoms with E-state index in [-0.39, 0.29) is 11.5 Å². The molecule has 0 unspecified atom stereocenters. The third-order valence-electron chi connectivity index (χ3n) is 10.0. The number of hydrogen-bond donors (Lipinski definition) is 1. The van der Waals surface area contributed by atoms with E-state index in [1.807, 2.05) is 0 Å². The van der Waals surface area contributed by atoms with Crippen LogP contribution in [0.3, 0.4) is 0 Å². The second-order valence-corrected chi connectivity index (χ2v) is 10.9. The Morgan fingerprint density at radius 1 is 1.12 bits per heavy atom. The number of ketones is 1. The van der Waals surface area contributed by atoms with Crippen LogP contribution in [0.25, 0.3) is 0 Å². The molecule has 148 valence electrons. The molecular formula is C24H40O2. The minimum atomic E-state index is -0.0973. The lowest BCUT2D eigenvalue weighted by molar-refractivity contribution is -0.160. The molecule has 2 heteroatoms. The molecule has 2 nitrogen and oxygen atoms in total. The van der Waals surface area contributed by atoms with Crippen molar-refractivity contribution < 1.29 is 9.90 Å². The minimum Gasteiger partial charge on any atom is -0.393 e. The van der Waals surface area contributed by atoms with Gasteiger partial charge in [0.25, 0.3) is 0 Å². The monoisotopic (exact) mass is 360 g/mol. The third kappa shape index (κ3) is 2.57. The first-order valence-electron chi connectivity index (χ1n) is 11.5.